The summed E-state index contributed by atoms with van der Waals surface area (Å²) >= 11 is 0. The lowest BCUT2D eigenvalue weighted by molar-refractivity contribution is 0.312. The van der Waals surface area contributed by atoms with Crippen molar-refractivity contribution in [2.45, 2.75) is 25.3 Å². The van der Waals surface area contributed by atoms with Crippen LogP contribution in [0.25, 0.3) is 55.4 Å². The number of aromatic nitrogens is 8. The lowest BCUT2D eigenvalue weighted by Gasteiger charge is -2.26. The van der Waals surface area contributed by atoms with E-state index in [1.165, 1.54) is 0 Å². The van der Waals surface area contributed by atoms with Gasteiger partial charge in [0.25, 0.3) is 0 Å². The second kappa shape index (κ2) is 6.69. The maximum atomic E-state index is 13.3. The van der Waals surface area contributed by atoms with Crippen LogP contribution < -0.4 is 5.69 Å². The van der Waals surface area contributed by atoms with E-state index in [2.05, 4.69) is 33.4 Å². The second-order valence-electron chi connectivity index (χ2n) is 9.33. The molecule has 0 atom stereocenters. The Hall–Kier alpha value is -4.14. The summed E-state index contributed by atoms with van der Waals surface area (Å²) in [6, 6.07) is 6.62. The quantitative estimate of drug-likeness (QED) is 0.441. The molecule has 7 rings (SSSR count). The summed E-state index contributed by atoms with van der Waals surface area (Å²) in [5.74, 6) is 0. The van der Waals surface area contributed by atoms with Gasteiger partial charge in [-0.05, 0) is 37.0 Å². The number of nitrogens with zero attached hydrogens (tertiary/aromatic N) is 7. The van der Waals surface area contributed by atoms with E-state index >= 15 is 0 Å². The number of hydrogen-bond donors (Lipinski definition) is 1. The minimum absolute atomic E-state index is 0.0202. The average Bonchev–Trinajstić information content (AvgIpc) is 3.54. The Morgan fingerprint density at radius 1 is 1.00 bits per heavy atom. The molecule has 9 heteroatoms. The smallest absolute Gasteiger partial charge is 0.329 e. The van der Waals surface area contributed by atoms with Crippen molar-refractivity contribution in [3.8, 4) is 22.4 Å². The monoisotopic (exact) mass is 452 g/mol. The first kappa shape index (κ1) is 19.3. The summed E-state index contributed by atoms with van der Waals surface area (Å²) < 4.78 is 7.40. The molecule has 0 spiro atoms. The Morgan fingerprint density at radius 2 is 1.85 bits per heavy atom. The number of benzene rings is 1. The molecule has 1 aliphatic rings. The second-order valence-corrected chi connectivity index (χ2v) is 9.33. The standard InChI is InChI=1S/C25H24N8O/c1-30-13-16(11-27-30)22-20(14-7-8-18-15(9-14)10-28-32(18)3)21-23-19(12-26-24(21)29-22)31(2)25(34)33(23)17-5-4-6-17/h7-13,17H,4-6H2,1-3H3,(H,26,29). The summed E-state index contributed by atoms with van der Waals surface area (Å²) in [5, 5.41) is 10.9. The fourth-order valence-electron chi connectivity index (χ4n) is 5.34. The molecule has 5 aromatic heterocycles. The Bertz CT molecular complexity index is 1800. The van der Waals surface area contributed by atoms with Crippen LogP contribution >= 0.6 is 0 Å². The number of fused-ring (bicyclic) bond motifs is 4. The third kappa shape index (κ3) is 2.49. The number of hydrogen-bond acceptors (Lipinski definition) is 4. The highest BCUT2D eigenvalue weighted by Gasteiger charge is 2.29. The number of rotatable bonds is 3. The zero-order chi connectivity index (χ0) is 23.1. The van der Waals surface area contributed by atoms with Crippen LogP contribution in [0.2, 0.25) is 0 Å². The van der Waals surface area contributed by atoms with Gasteiger partial charge < -0.3 is 4.98 Å². The Balaban J connectivity index is 1.65. The molecule has 0 amide bonds. The summed E-state index contributed by atoms with van der Waals surface area (Å²) in [5.41, 5.74) is 7.67. The molecule has 170 valence electrons. The zero-order valence-electron chi connectivity index (χ0n) is 19.3. The number of aromatic amines is 1. The van der Waals surface area contributed by atoms with Crippen molar-refractivity contribution < 1.29 is 0 Å². The van der Waals surface area contributed by atoms with E-state index in [1.807, 2.05) is 55.2 Å². The predicted octanol–water partition coefficient (Wildman–Crippen LogP) is 3.90. The molecule has 1 fully saturated rings. The highest BCUT2D eigenvalue weighted by molar-refractivity contribution is 6.14. The highest BCUT2D eigenvalue weighted by atomic mass is 16.1. The van der Waals surface area contributed by atoms with Crippen molar-refractivity contribution in [3.05, 3.63) is 53.5 Å². The van der Waals surface area contributed by atoms with Gasteiger partial charge in [-0.25, -0.2) is 9.78 Å². The van der Waals surface area contributed by atoms with Crippen molar-refractivity contribution in [3.63, 3.8) is 0 Å². The molecule has 0 radical (unpaired) electrons. The molecule has 0 bridgehead atoms. The lowest BCUT2D eigenvalue weighted by Crippen LogP contribution is -2.29. The van der Waals surface area contributed by atoms with Gasteiger partial charge in [0.05, 0.1) is 46.2 Å². The van der Waals surface area contributed by atoms with Crippen molar-refractivity contribution in [1.29, 1.82) is 0 Å². The summed E-state index contributed by atoms with van der Waals surface area (Å²) in [6.07, 6.45) is 10.8. The SMILES string of the molecule is Cn1cc(-c2[nH]c3ncc4c(c3c2-c2ccc3c(cnn3C)c2)n(C2CCC2)c(=O)n4C)cn1. The molecule has 5 heterocycles. The van der Waals surface area contributed by atoms with Gasteiger partial charge in [0, 0.05) is 49.9 Å². The number of pyridine rings is 1. The lowest BCUT2D eigenvalue weighted by atomic mass is 9.92. The first-order chi connectivity index (χ1) is 16.5. The van der Waals surface area contributed by atoms with Crippen LogP contribution in [0.1, 0.15) is 25.3 Å². The Morgan fingerprint density at radius 3 is 2.59 bits per heavy atom. The van der Waals surface area contributed by atoms with Gasteiger partial charge in [-0.2, -0.15) is 10.2 Å². The first-order valence-corrected chi connectivity index (χ1v) is 11.5. The first-order valence-electron chi connectivity index (χ1n) is 11.5. The van der Waals surface area contributed by atoms with Gasteiger partial charge in [0.1, 0.15) is 5.65 Å². The maximum Gasteiger partial charge on any atom is 0.329 e. The molecule has 1 aromatic carbocycles. The Kier molecular flexibility index (Phi) is 3.81. The molecule has 0 unspecified atom stereocenters. The molecule has 34 heavy (non-hydrogen) atoms. The van der Waals surface area contributed by atoms with E-state index < -0.39 is 0 Å². The van der Waals surface area contributed by atoms with Crippen molar-refractivity contribution >= 4 is 33.0 Å². The van der Waals surface area contributed by atoms with Crippen LogP contribution in [-0.2, 0) is 21.1 Å². The Labute approximate surface area is 194 Å². The predicted molar refractivity (Wildman–Crippen MR) is 132 cm³/mol. The minimum atomic E-state index is 0.0202. The van der Waals surface area contributed by atoms with Gasteiger partial charge in [0.2, 0.25) is 0 Å². The molecule has 1 N–H and O–H groups in total. The van der Waals surface area contributed by atoms with Gasteiger partial charge in [-0.15, -0.1) is 0 Å². The van der Waals surface area contributed by atoms with Crippen LogP contribution in [0, 0.1) is 0 Å². The van der Waals surface area contributed by atoms with Gasteiger partial charge in [0.15, 0.2) is 0 Å². The number of H-pyrrole nitrogens is 1. The number of aryl methyl sites for hydroxylation is 3. The maximum absolute atomic E-state index is 13.3. The van der Waals surface area contributed by atoms with Gasteiger partial charge in [-0.1, -0.05) is 6.07 Å². The normalized spacial score (nSPS) is 14.6. The van der Waals surface area contributed by atoms with Crippen LogP contribution in [-0.4, -0.2) is 38.7 Å². The summed E-state index contributed by atoms with van der Waals surface area (Å²) in [6.45, 7) is 0. The number of imidazole rings is 1. The third-order valence-electron chi connectivity index (χ3n) is 7.34. The van der Waals surface area contributed by atoms with E-state index in [-0.39, 0.29) is 11.7 Å². The van der Waals surface area contributed by atoms with Crippen LogP contribution in [0.5, 0.6) is 0 Å². The van der Waals surface area contributed by atoms with Crippen molar-refractivity contribution in [2.24, 2.45) is 21.1 Å². The van der Waals surface area contributed by atoms with E-state index in [1.54, 1.807) is 9.25 Å². The van der Waals surface area contributed by atoms with E-state index in [0.717, 1.165) is 74.6 Å². The topological polar surface area (TPSA) is 91.3 Å². The summed E-state index contributed by atoms with van der Waals surface area (Å²) in [4.78, 5) is 21.7. The molecule has 9 nitrogen and oxygen atoms in total. The molecular formula is C25H24N8O. The molecule has 1 saturated carbocycles. The van der Waals surface area contributed by atoms with E-state index in [4.69, 9.17) is 4.98 Å². The van der Waals surface area contributed by atoms with Crippen molar-refractivity contribution in [2.75, 3.05) is 0 Å². The van der Waals surface area contributed by atoms with Crippen LogP contribution in [0.15, 0.2) is 47.8 Å². The number of nitrogens with one attached hydrogen (secondary N) is 1. The molecule has 6 aromatic rings. The largest absolute Gasteiger partial charge is 0.339 e. The zero-order valence-corrected chi connectivity index (χ0v) is 19.3. The molecule has 0 saturated heterocycles. The average molecular weight is 453 g/mol. The molecular weight excluding hydrogens is 428 g/mol. The minimum Gasteiger partial charge on any atom is -0.339 e. The fourth-order valence-corrected chi connectivity index (χ4v) is 5.34. The van der Waals surface area contributed by atoms with Crippen LogP contribution in [0.4, 0.5) is 0 Å². The third-order valence-corrected chi connectivity index (χ3v) is 7.34. The van der Waals surface area contributed by atoms with E-state index in [9.17, 15) is 4.79 Å². The molecule has 0 aliphatic heterocycles. The van der Waals surface area contributed by atoms with Gasteiger partial charge >= 0.3 is 5.69 Å². The molecule has 1 aliphatic carbocycles. The van der Waals surface area contributed by atoms with Gasteiger partial charge in [-0.3, -0.25) is 18.5 Å². The fraction of sp³-hybridized carbons (Fsp3) is 0.280. The van der Waals surface area contributed by atoms with Crippen LogP contribution in [0.3, 0.4) is 0 Å². The van der Waals surface area contributed by atoms with E-state index in [0.29, 0.717) is 0 Å². The summed E-state index contributed by atoms with van der Waals surface area (Å²) in [7, 11) is 5.70. The van der Waals surface area contributed by atoms with Crippen molar-refractivity contribution in [1.82, 2.24) is 38.7 Å². The highest BCUT2D eigenvalue weighted by Crippen LogP contribution is 2.43.